The molecular weight excluding hydrogens is 283 g/mol. The first-order valence-corrected chi connectivity index (χ1v) is 7.28. The fourth-order valence-electron chi connectivity index (χ4n) is 1.87. The molecule has 0 saturated heterocycles. The molecule has 6 heteroatoms. The zero-order valence-corrected chi connectivity index (χ0v) is 12.5. The van der Waals surface area contributed by atoms with Crippen LogP contribution < -0.4 is 10.6 Å². The second-order valence-electron chi connectivity index (χ2n) is 4.82. The third-order valence-corrected chi connectivity index (χ3v) is 3.03. The monoisotopic (exact) mass is 302 g/mol. The van der Waals surface area contributed by atoms with E-state index in [1.165, 1.54) is 12.1 Å². The predicted molar refractivity (Wildman–Crippen MR) is 83.2 cm³/mol. The van der Waals surface area contributed by atoms with Crippen LogP contribution in [0.2, 0.25) is 0 Å². The summed E-state index contributed by atoms with van der Waals surface area (Å²) in [5, 5.41) is 5.83. The summed E-state index contributed by atoms with van der Waals surface area (Å²) in [7, 11) is 0. The molecule has 22 heavy (non-hydrogen) atoms. The maximum atomic E-state index is 12.8. The Hall–Kier alpha value is -2.50. The van der Waals surface area contributed by atoms with Crippen LogP contribution in [0.1, 0.15) is 29.4 Å². The van der Waals surface area contributed by atoms with Crippen molar-refractivity contribution in [2.75, 3.05) is 18.4 Å². The number of amides is 1. The number of aromatic nitrogens is 2. The van der Waals surface area contributed by atoms with Crippen LogP contribution >= 0.6 is 0 Å². The summed E-state index contributed by atoms with van der Waals surface area (Å²) >= 11 is 0. The Morgan fingerprint density at radius 1 is 1.18 bits per heavy atom. The van der Waals surface area contributed by atoms with Crippen LogP contribution in [0.25, 0.3) is 0 Å². The number of rotatable bonds is 7. The van der Waals surface area contributed by atoms with Gasteiger partial charge in [0.05, 0.1) is 0 Å². The Morgan fingerprint density at radius 3 is 2.68 bits per heavy atom. The van der Waals surface area contributed by atoms with E-state index in [0.717, 1.165) is 18.4 Å². The quantitative estimate of drug-likeness (QED) is 0.824. The van der Waals surface area contributed by atoms with Crippen LogP contribution in [0.15, 0.2) is 36.5 Å². The summed E-state index contributed by atoms with van der Waals surface area (Å²) < 4.78 is 12.8. The molecule has 2 N–H and O–H groups in total. The molecule has 2 aromatic rings. The minimum Gasteiger partial charge on any atom is -0.354 e. The molecule has 0 aliphatic rings. The van der Waals surface area contributed by atoms with E-state index in [-0.39, 0.29) is 11.7 Å². The number of halogens is 1. The van der Waals surface area contributed by atoms with Crippen molar-refractivity contribution in [1.29, 1.82) is 0 Å². The van der Waals surface area contributed by atoms with Gasteiger partial charge in [-0.1, -0.05) is 19.1 Å². The van der Waals surface area contributed by atoms with Gasteiger partial charge in [-0.15, -0.1) is 0 Å². The van der Waals surface area contributed by atoms with Gasteiger partial charge in [-0.2, -0.15) is 0 Å². The van der Waals surface area contributed by atoms with Gasteiger partial charge in [0.25, 0.3) is 5.91 Å². The normalized spacial score (nSPS) is 10.3. The third kappa shape index (κ3) is 4.80. The van der Waals surface area contributed by atoms with E-state index in [2.05, 4.69) is 20.6 Å². The molecule has 1 aromatic carbocycles. The van der Waals surface area contributed by atoms with Crippen molar-refractivity contribution < 1.29 is 9.18 Å². The molecule has 0 fully saturated rings. The molecule has 0 radical (unpaired) electrons. The number of hydrogen-bond donors (Lipinski definition) is 2. The van der Waals surface area contributed by atoms with Gasteiger partial charge in [0, 0.05) is 19.3 Å². The van der Waals surface area contributed by atoms with Crippen molar-refractivity contribution in [2.24, 2.45) is 0 Å². The van der Waals surface area contributed by atoms with Crippen LogP contribution in [-0.4, -0.2) is 29.0 Å². The molecule has 1 amide bonds. The highest BCUT2D eigenvalue weighted by molar-refractivity contribution is 5.92. The zero-order chi connectivity index (χ0) is 15.8. The molecule has 1 aromatic heterocycles. The summed E-state index contributed by atoms with van der Waals surface area (Å²) in [4.78, 5) is 20.1. The fourth-order valence-corrected chi connectivity index (χ4v) is 1.87. The molecule has 116 valence electrons. The number of anilines is 1. The van der Waals surface area contributed by atoms with Crippen LogP contribution in [0.3, 0.4) is 0 Å². The van der Waals surface area contributed by atoms with E-state index in [0.29, 0.717) is 24.7 Å². The van der Waals surface area contributed by atoms with Crippen molar-refractivity contribution in [3.8, 4) is 0 Å². The Balaban J connectivity index is 1.87. The van der Waals surface area contributed by atoms with Gasteiger partial charge in [0.2, 0.25) is 5.95 Å². The van der Waals surface area contributed by atoms with Crippen LogP contribution in [0, 0.1) is 5.82 Å². The lowest BCUT2D eigenvalue weighted by Gasteiger charge is -2.07. The first kappa shape index (κ1) is 15.9. The van der Waals surface area contributed by atoms with Gasteiger partial charge >= 0.3 is 0 Å². The molecule has 1 heterocycles. The van der Waals surface area contributed by atoms with E-state index >= 15 is 0 Å². The molecule has 0 unspecified atom stereocenters. The molecule has 0 bridgehead atoms. The molecule has 0 atom stereocenters. The summed E-state index contributed by atoms with van der Waals surface area (Å²) in [6, 6.07) is 7.93. The lowest BCUT2D eigenvalue weighted by Crippen LogP contribution is -2.25. The van der Waals surface area contributed by atoms with Gasteiger partial charge in [-0.3, -0.25) is 4.79 Å². The van der Waals surface area contributed by atoms with E-state index < -0.39 is 0 Å². The molecule has 5 nitrogen and oxygen atoms in total. The molecule has 0 aliphatic carbocycles. The van der Waals surface area contributed by atoms with E-state index in [4.69, 9.17) is 0 Å². The highest BCUT2D eigenvalue weighted by Crippen LogP contribution is 2.05. The highest BCUT2D eigenvalue weighted by Gasteiger charge is 2.07. The smallest absolute Gasteiger partial charge is 0.270 e. The SMILES string of the molecule is CCCNC(=O)c1ccnc(NCCc2ccc(F)cc2)n1. The number of carbonyl (C=O) groups excluding carboxylic acids is 1. The fraction of sp³-hybridized carbons (Fsp3) is 0.312. The van der Waals surface area contributed by atoms with E-state index in [9.17, 15) is 9.18 Å². The Kier molecular flexibility index (Phi) is 5.82. The maximum Gasteiger partial charge on any atom is 0.270 e. The van der Waals surface area contributed by atoms with Gasteiger partial charge in [0.1, 0.15) is 11.5 Å². The van der Waals surface area contributed by atoms with Crippen molar-refractivity contribution in [2.45, 2.75) is 19.8 Å². The maximum absolute atomic E-state index is 12.8. The van der Waals surface area contributed by atoms with E-state index in [1.807, 2.05) is 6.92 Å². The van der Waals surface area contributed by atoms with Crippen molar-refractivity contribution in [1.82, 2.24) is 15.3 Å². The van der Waals surface area contributed by atoms with Gasteiger partial charge < -0.3 is 10.6 Å². The standard InChI is InChI=1S/C16H19FN4O/c1-2-9-18-15(22)14-8-11-20-16(21-14)19-10-7-12-3-5-13(17)6-4-12/h3-6,8,11H,2,7,9-10H2,1H3,(H,18,22)(H,19,20,21). The summed E-state index contributed by atoms with van der Waals surface area (Å²) in [5.41, 5.74) is 1.36. The van der Waals surface area contributed by atoms with Gasteiger partial charge in [-0.25, -0.2) is 14.4 Å². The van der Waals surface area contributed by atoms with Crippen molar-refractivity contribution >= 4 is 11.9 Å². The molecular formula is C16H19FN4O. The van der Waals surface area contributed by atoms with Crippen LogP contribution in [0.5, 0.6) is 0 Å². The zero-order valence-electron chi connectivity index (χ0n) is 12.5. The number of benzene rings is 1. The summed E-state index contributed by atoms with van der Waals surface area (Å²) in [6.45, 7) is 3.21. The van der Waals surface area contributed by atoms with Gasteiger partial charge in [0.15, 0.2) is 0 Å². The average molecular weight is 302 g/mol. The Morgan fingerprint density at radius 2 is 1.95 bits per heavy atom. The number of carbonyl (C=O) groups is 1. The summed E-state index contributed by atoms with van der Waals surface area (Å²) in [6.07, 6.45) is 3.14. The molecule has 2 rings (SSSR count). The minimum absolute atomic E-state index is 0.203. The lowest BCUT2D eigenvalue weighted by atomic mass is 10.1. The third-order valence-electron chi connectivity index (χ3n) is 3.03. The predicted octanol–water partition coefficient (Wildman–Crippen LogP) is 2.41. The molecule has 0 aliphatic heterocycles. The second kappa shape index (κ2) is 8.07. The number of hydrogen-bond acceptors (Lipinski definition) is 4. The number of nitrogens with zero attached hydrogens (tertiary/aromatic N) is 2. The van der Waals surface area contributed by atoms with Gasteiger partial charge in [-0.05, 0) is 36.6 Å². The van der Waals surface area contributed by atoms with E-state index in [1.54, 1.807) is 24.4 Å². The largest absolute Gasteiger partial charge is 0.354 e. The van der Waals surface area contributed by atoms with Crippen LogP contribution in [-0.2, 0) is 6.42 Å². The molecule has 0 saturated carbocycles. The minimum atomic E-state index is -0.245. The average Bonchev–Trinajstić information content (AvgIpc) is 2.55. The topological polar surface area (TPSA) is 66.9 Å². The highest BCUT2D eigenvalue weighted by atomic mass is 19.1. The molecule has 0 spiro atoms. The van der Waals surface area contributed by atoms with Crippen LogP contribution in [0.4, 0.5) is 10.3 Å². The Bertz CT molecular complexity index is 616. The van der Waals surface area contributed by atoms with Crippen molar-refractivity contribution in [3.05, 3.63) is 53.6 Å². The first-order chi connectivity index (χ1) is 10.7. The first-order valence-electron chi connectivity index (χ1n) is 7.28. The summed E-state index contributed by atoms with van der Waals surface area (Å²) in [5.74, 6) is -0.0390. The second-order valence-corrected chi connectivity index (χ2v) is 4.82. The number of nitrogens with one attached hydrogen (secondary N) is 2. The lowest BCUT2D eigenvalue weighted by molar-refractivity contribution is 0.0948. The van der Waals surface area contributed by atoms with Crippen molar-refractivity contribution in [3.63, 3.8) is 0 Å². The Labute approximate surface area is 129 Å².